The first-order chi connectivity index (χ1) is 8.97. The number of piperazine rings is 1. The fraction of sp³-hybridized carbons (Fsp3) is 0.500. The molecule has 1 unspecified atom stereocenters. The van der Waals surface area contributed by atoms with Crippen molar-refractivity contribution in [3.8, 4) is 0 Å². The summed E-state index contributed by atoms with van der Waals surface area (Å²) in [5.74, 6) is -9.47. The second-order valence-electron chi connectivity index (χ2n) is 4.42. The normalized spacial score (nSPS) is 19.9. The first-order valence-electron chi connectivity index (χ1n) is 5.97. The predicted molar refractivity (Wildman–Crippen MR) is 60.5 cm³/mol. The summed E-state index contributed by atoms with van der Waals surface area (Å²) in [6.45, 7) is 2.70. The molecule has 1 saturated heterocycles. The van der Waals surface area contributed by atoms with E-state index in [0.29, 0.717) is 13.0 Å². The molecule has 7 heteroatoms. The van der Waals surface area contributed by atoms with Crippen LogP contribution in [0.15, 0.2) is 0 Å². The molecule has 0 aromatic heterocycles. The zero-order valence-corrected chi connectivity index (χ0v) is 10.2. The van der Waals surface area contributed by atoms with E-state index in [2.05, 4.69) is 5.32 Å². The molecular formula is C12H13F5N2. The van der Waals surface area contributed by atoms with E-state index in [0.717, 1.165) is 0 Å². The maximum absolute atomic E-state index is 13.6. The second-order valence-corrected chi connectivity index (χ2v) is 4.42. The molecule has 0 radical (unpaired) electrons. The molecule has 106 valence electrons. The number of anilines is 1. The Hall–Kier alpha value is -1.37. The predicted octanol–water partition coefficient (Wildman–Crippen LogP) is 2.57. The number of rotatable bonds is 2. The van der Waals surface area contributed by atoms with Crippen LogP contribution in [-0.4, -0.2) is 25.7 Å². The van der Waals surface area contributed by atoms with Gasteiger partial charge in [-0.3, -0.25) is 0 Å². The number of halogens is 5. The Bertz CT molecular complexity index is 462. The van der Waals surface area contributed by atoms with E-state index < -0.39 is 34.8 Å². The van der Waals surface area contributed by atoms with Crippen LogP contribution < -0.4 is 10.2 Å². The molecule has 1 aromatic carbocycles. The molecule has 1 aromatic rings. The summed E-state index contributed by atoms with van der Waals surface area (Å²) >= 11 is 0. The first-order valence-corrected chi connectivity index (χ1v) is 5.97. The van der Waals surface area contributed by atoms with E-state index in [4.69, 9.17) is 0 Å². The number of hydrogen-bond donors (Lipinski definition) is 1. The van der Waals surface area contributed by atoms with Crippen LogP contribution in [0.1, 0.15) is 13.3 Å². The Morgan fingerprint density at radius 3 is 2.05 bits per heavy atom. The third kappa shape index (κ3) is 2.39. The first kappa shape index (κ1) is 14.0. The highest BCUT2D eigenvalue weighted by Crippen LogP contribution is 2.30. The summed E-state index contributed by atoms with van der Waals surface area (Å²) < 4.78 is 66.5. The van der Waals surface area contributed by atoms with Gasteiger partial charge in [-0.25, -0.2) is 22.0 Å². The molecule has 0 bridgehead atoms. The van der Waals surface area contributed by atoms with E-state index >= 15 is 0 Å². The highest BCUT2D eigenvalue weighted by atomic mass is 19.2. The number of nitrogens with one attached hydrogen (secondary N) is 1. The topological polar surface area (TPSA) is 15.3 Å². The summed E-state index contributed by atoms with van der Waals surface area (Å²) in [5.41, 5.74) is -0.837. The number of hydrogen-bond acceptors (Lipinski definition) is 2. The van der Waals surface area contributed by atoms with Crippen molar-refractivity contribution in [1.82, 2.24) is 5.32 Å². The molecule has 2 rings (SSSR count). The van der Waals surface area contributed by atoms with E-state index in [1.54, 1.807) is 0 Å². The Morgan fingerprint density at radius 2 is 1.53 bits per heavy atom. The molecular weight excluding hydrogens is 267 g/mol. The highest BCUT2D eigenvalue weighted by Gasteiger charge is 2.31. The summed E-state index contributed by atoms with van der Waals surface area (Å²) in [6, 6.07) is -0.0382. The van der Waals surface area contributed by atoms with Gasteiger partial charge in [0.25, 0.3) is 0 Å². The van der Waals surface area contributed by atoms with Crippen molar-refractivity contribution < 1.29 is 22.0 Å². The van der Waals surface area contributed by atoms with Gasteiger partial charge in [0.15, 0.2) is 23.3 Å². The Labute approximate surface area is 107 Å². The summed E-state index contributed by atoms with van der Waals surface area (Å²) in [4.78, 5) is 1.20. The third-order valence-corrected chi connectivity index (χ3v) is 3.25. The molecule has 1 aliphatic heterocycles. The fourth-order valence-electron chi connectivity index (χ4n) is 2.17. The minimum atomic E-state index is -2.12. The highest BCUT2D eigenvalue weighted by molar-refractivity contribution is 5.51. The molecule has 0 aliphatic carbocycles. The summed E-state index contributed by atoms with van der Waals surface area (Å²) in [6.07, 6.45) is 0.700. The second kappa shape index (κ2) is 5.32. The fourth-order valence-corrected chi connectivity index (χ4v) is 2.17. The average molecular weight is 280 g/mol. The minimum absolute atomic E-state index is 0.0382. The number of benzene rings is 1. The van der Waals surface area contributed by atoms with E-state index in [9.17, 15) is 22.0 Å². The van der Waals surface area contributed by atoms with Gasteiger partial charge >= 0.3 is 0 Å². The molecule has 0 amide bonds. The molecule has 1 fully saturated rings. The maximum atomic E-state index is 13.6. The summed E-state index contributed by atoms with van der Waals surface area (Å²) in [7, 11) is 0. The molecule has 1 heterocycles. The van der Waals surface area contributed by atoms with Crippen LogP contribution in [0.2, 0.25) is 0 Å². The standard InChI is InChI=1S/C12H13F5N2/c1-2-6-5-19(4-3-18-6)12-10(16)8(14)7(13)9(15)11(12)17/h6,18H,2-5H2,1H3. The lowest BCUT2D eigenvalue weighted by molar-refractivity contribution is 0.371. The Balaban J connectivity index is 2.44. The van der Waals surface area contributed by atoms with Gasteiger partial charge in [-0.05, 0) is 6.42 Å². The monoisotopic (exact) mass is 280 g/mol. The molecule has 1 N–H and O–H groups in total. The number of nitrogens with zero attached hydrogens (tertiary/aromatic N) is 1. The zero-order valence-electron chi connectivity index (χ0n) is 10.2. The molecule has 2 nitrogen and oxygen atoms in total. The molecule has 0 saturated carbocycles. The van der Waals surface area contributed by atoms with Crippen molar-refractivity contribution in [1.29, 1.82) is 0 Å². The van der Waals surface area contributed by atoms with Gasteiger partial charge in [0, 0.05) is 25.7 Å². The quantitative estimate of drug-likeness (QED) is 0.509. The van der Waals surface area contributed by atoms with Crippen molar-refractivity contribution in [2.75, 3.05) is 24.5 Å². The minimum Gasteiger partial charge on any atom is -0.364 e. The molecule has 0 spiro atoms. The SMILES string of the molecule is CCC1CN(c2c(F)c(F)c(F)c(F)c2F)CCN1. The van der Waals surface area contributed by atoms with Crippen molar-refractivity contribution in [3.05, 3.63) is 29.1 Å². The smallest absolute Gasteiger partial charge is 0.200 e. The Kier molecular flexibility index (Phi) is 3.93. The largest absolute Gasteiger partial charge is 0.364 e. The van der Waals surface area contributed by atoms with Gasteiger partial charge in [-0.15, -0.1) is 0 Å². The van der Waals surface area contributed by atoms with E-state index in [1.807, 2.05) is 6.92 Å². The van der Waals surface area contributed by atoms with Crippen LogP contribution >= 0.6 is 0 Å². The van der Waals surface area contributed by atoms with Crippen molar-refractivity contribution >= 4 is 5.69 Å². The van der Waals surface area contributed by atoms with Crippen molar-refractivity contribution in [2.24, 2.45) is 0 Å². The van der Waals surface area contributed by atoms with Crippen LogP contribution in [0.3, 0.4) is 0 Å². The van der Waals surface area contributed by atoms with Crippen LogP contribution in [0.5, 0.6) is 0 Å². The molecule has 1 aliphatic rings. The van der Waals surface area contributed by atoms with Gasteiger partial charge < -0.3 is 10.2 Å². The van der Waals surface area contributed by atoms with Crippen molar-refractivity contribution in [3.63, 3.8) is 0 Å². The van der Waals surface area contributed by atoms with Crippen LogP contribution in [0.25, 0.3) is 0 Å². The van der Waals surface area contributed by atoms with Gasteiger partial charge in [-0.1, -0.05) is 6.92 Å². The lowest BCUT2D eigenvalue weighted by Crippen LogP contribution is -2.51. The van der Waals surface area contributed by atoms with Gasteiger partial charge in [0.05, 0.1) is 0 Å². The molecule has 1 atom stereocenters. The lowest BCUT2D eigenvalue weighted by atomic mass is 10.1. The molecule has 19 heavy (non-hydrogen) atoms. The summed E-state index contributed by atoms with van der Waals surface area (Å²) in [5, 5.41) is 3.10. The zero-order chi connectivity index (χ0) is 14.2. The van der Waals surface area contributed by atoms with Crippen LogP contribution in [0, 0.1) is 29.1 Å². The Morgan fingerprint density at radius 1 is 1.00 bits per heavy atom. The van der Waals surface area contributed by atoms with Crippen LogP contribution in [0.4, 0.5) is 27.6 Å². The lowest BCUT2D eigenvalue weighted by Gasteiger charge is -2.35. The van der Waals surface area contributed by atoms with Gasteiger partial charge in [-0.2, -0.15) is 0 Å². The van der Waals surface area contributed by atoms with E-state index in [-0.39, 0.29) is 19.1 Å². The third-order valence-electron chi connectivity index (χ3n) is 3.25. The van der Waals surface area contributed by atoms with E-state index in [1.165, 1.54) is 4.90 Å². The maximum Gasteiger partial charge on any atom is 0.200 e. The van der Waals surface area contributed by atoms with Gasteiger partial charge in [0.1, 0.15) is 5.69 Å². The average Bonchev–Trinajstić information content (AvgIpc) is 2.43. The van der Waals surface area contributed by atoms with Crippen LogP contribution in [-0.2, 0) is 0 Å². The van der Waals surface area contributed by atoms with Crippen molar-refractivity contribution in [2.45, 2.75) is 19.4 Å². The van der Waals surface area contributed by atoms with Gasteiger partial charge in [0.2, 0.25) is 5.82 Å².